The second-order valence-electron chi connectivity index (χ2n) is 6.01. The highest BCUT2D eigenvalue weighted by Crippen LogP contribution is 2.25. The number of rotatable bonds is 6. The van der Waals surface area contributed by atoms with E-state index in [1.165, 1.54) is 30.5 Å². The van der Waals surface area contributed by atoms with E-state index in [-0.39, 0.29) is 15.6 Å². The van der Waals surface area contributed by atoms with Crippen molar-refractivity contribution in [2.75, 3.05) is 0 Å². The van der Waals surface area contributed by atoms with Crippen molar-refractivity contribution < 1.29 is 16.8 Å². The Bertz CT molecular complexity index is 1120. The summed E-state index contributed by atoms with van der Waals surface area (Å²) in [6, 6.07) is 18.4. The van der Waals surface area contributed by atoms with Crippen LogP contribution in [-0.4, -0.2) is 32.6 Å². The van der Waals surface area contributed by atoms with Gasteiger partial charge in [0, 0.05) is 12.4 Å². The van der Waals surface area contributed by atoms with Gasteiger partial charge in [0.1, 0.15) is 0 Å². The number of aryl methyl sites for hydroxylation is 1. The van der Waals surface area contributed by atoms with Gasteiger partial charge in [-0.1, -0.05) is 42.5 Å². The van der Waals surface area contributed by atoms with Crippen LogP contribution in [0, 0.1) is 6.92 Å². The highest BCUT2D eigenvalue weighted by Gasteiger charge is 2.38. The van der Waals surface area contributed by atoms with Gasteiger partial charge in [-0.15, -0.1) is 0 Å². The van der Waals surface area contributed by atoms with Gasteiger partial charge in [-0.05, 0) is 42.8 Å². The van der Waals surface area contributed by atoms with E-state index in [1.807, 2.05) is 0 Å². The molecule has 0 radical (unpaired) electrons. The van der Waals surface area contributed by atoms with Crippen LogP contribution < -0.4 is 0 Å². The molecule has 1 aromatic heterocycles. The molecule has 0 aliphatic heterocycles. The zero-order valence-electron chi connectivity index (χ0n) is 15.0. The van der Waals surface area contributed by atoms with Crippen LogP contribution in [0.4, 0.5) is 5.82 Å². The lowest BCUT2D eigenvalue weighted by atomic mass is 10.3. The number of aromatic nitrogens is 1. The molecule has 28 heavy (non-hydrogen) atoms. The minimum absolute atomic E-state index is 0.0938. The maximum atomic E-state index is 13.2. The van der Waals surface area contributed by atoms with E-state index < -0.39 is 24.3 Å². The number of hydrogen-bond acceptors (Lipinski definition) is 6. The molecule has 0 aliphatic rings. The summed E-state index contributed by atoms with van der Waals surface area (Å²) in [6.45, 7) is 1.76. The van der Waals surface area contributed by atoms with Gasteiger partial charge in [0.05, 0.1) is 9.79 Å². The average Bonchev–Trinajstić information content (AvgIpc) is 2.70. The number of sulfone groups is 2. The van der Waals surface area contributed by atoms with Crippen molar-refractivity contribution in [2.45, 2.75) is 21.3 Å². The SMILES string of the molecule is Cc1cccnc1N=CC(S(=O)(=O)c1ccccc1)S(=O)(=O)c1ccccc1. The quantitative estimate of drug-likeness (QED) is 0.577. The largest absolute Gasteiger partial charge is 0.239 e. The van der Waals surface area contributed by atoms with Gasteiger partial charge in [0.25, 0.3) is 0 Å². The van der Waals surface area contributed by atoms with E-state index in [9.17, 15) is 16.8 Å². The summed E-state index contributed by atoms with van der Waals surface area (Å²) < 4.78 is 50.8. The Morgan fingerprint density at radius 2 is 1.29 bits per heavy atom. The molecule has 0 fully saturated rings. The molecular weight excluding hydrogens is 396 g/mol. The van der Waals surface area contributed by atoms with Gasteiger partial charge in [-0.2, -0.15) is 0 Å². The standard InChI is InChI=1S/C20H18N2O4S2/c1-16-9-8-14-21-20(16)22-15-19(27(23,24)17-10-4-2-5-11-17)28(25,26)18-12-6-3-7-13-18/h2-15,19H,1H3. The molecule has 8 heteroatoms. The van der Waals surface area contributed by atoms with Crippen molar-refractivity contribution in [1.82, 2.24) is 4.98 Å². The van der Waals surface area contributed by atoms with Gasteiger partial charge in [0.2, 0.25) is 24.3 Å². The van der Waals surface area contributed by atoms with E-state index in [2.05, 4.69) is 9.98 Å². The van der Waals surface area contributed by atoms with Gasteiger partial charge in [-0.3, -0.25) is 0 Å². The first-order chi connectivity index (χ1) is 13.3. The Kier molecular flexibility index (Phi) is 5.71. The van der Waals surface area contributed by atoms with Gasteiger partial charge in [0.15, 0.2) is 5.82 Å². The van der Waals surface area contributed by atoms with E-state index in [4.69, 9.17) is 0 Å². The fourth-order valence-corrected chi connectivity index (χ4v) is 6.61. The molecule has 0 bridgehead atoms. The lowest BCUT2D eigenvalue weighted by molar-refractivity contribution is 0.584. The fourth-order valence-electron chi connectivity index (χ4n) is 2.56. The van der Waals surface area contributed by atoms with Crippen molar-refractivity contribution >= 4 is 31.7 Å². The zero-order valence-corrected chi connectivity index (χ0v) is 16.6. The Labute approximate surface area is 164 Å². The summed E-state index contributed by atoms with van der Waals surface area (Å²) in [4.78, 5) is 7.98. The molecule has 0 unspecified atom stereocenters. The second-order valence-corrected chi connectivity index (χ2v) is 10.4. The number of aliphatic imine (C=N–C) groups is 1. The molecule has 3 aromatic rings. The van der Waals surface area contributed by atoms with E-state index in [1.54, 1.807) is 55.5 Å². The van der Waals surface area contributed by atoms with Crippen LogP contribution in [0.1, 0.15) is 5.56 Å². The minimum atomic E-state index is -4.25. The molecule has 0 spiro atoms. The van der Waals surface area contributed by atoms with Gasteiger partial charge >= 0.3 is 0 Å². The van der Waals surface area contributed by atoms with Crippen molar-refractivity contribution in [1.29, 1.82) is 0 Å². The van der Waals surface area contributed by atoms with Crippen LogP contribution in [0.3, 0.4) is 0 Å². The van der Waals surface area contributed by atoms with Crippen LogP contribution in [0.2, 0.25) is 0 Å². The molecule has 0 saturated heterocycles. The van der Waals surface area contributed by atoms with Crippen LogP contribution in [-0.2, 0) is 19.7 Å². The van der Waals surface area contributed by atoms with E-state index in [0.717, 1.165) is 6.21 Å². The highest BCUT2D eigenvalue weighted by atomic mass is 32.3. The summed E-state index contributed by atoms with van der Waals surface area (Å²) in [7, 11) is -8.51. The zero-order chi connectivity index (χ0) is 20.2. The van der Waals surface area contributed by atoms with Gasteiger partial charge < -0.3 is 0 Å². The maximum Gasteiger partial charge on any atom is 0.206 e. The van der Waals surface area contributed by atoms with Crippen molar-refractivity contribution in [3.8, 4) is 0 Å². The molecule has 0 saturated carbocycles. The van der Waals surface area contributed by atoms with E-state index >= 15 is 0 Å². The third-order valence-electron chi connectivity index (χ3n) is 4.06. The Balaban J connectivity index is 2.16. The Morgan fingerprint density at radius 3 is 1.75 bits per heavy atom. The molecule has 0 aliphatic carbocycles. The lowest BCUT2D eigenvalue weighted by Gasteiger charge is -2.15. The normalized spacial score (nSPS) is 12.5. The molecule has 0 N–H and O–H groups in total. The second kappa shape index (κ2) is 8.04. The third kappa shape index (κ3) is 4.02. The molecule has 0 atom stereocenters. The summed E-state index contributed by atoms with van der Waals surface area (Å²) in [6.07, 6.45) is 2.45. The Morgan fingerprint density at radius 1 is 0.786 bits per heavy atom. The Hall–Kier alpha value is -2.84. The molecule has 3 rings (SSSR count). The number of nitrogens with zero attached hydrogens (tertiary/aromatic N) is 2. The smallest absolute Gasteiger partial charge is 0.206 e. The third-order valence-corrected chi connectivity index (χ3v) is 8.90. The first kappa shape index (κ1) is 19.9. The molecule has 0 amide bonds. The number of benzene rings is 2. The monoisotopic (exact) mass is 414 g/mol. The average molecular weight is 415 g/mol. The minimum Gasteiger partial charge on any atom is -0.239 e. The summed E-state index contributed by atoms with van der Waals surface area (Å²) in [5.74, 6) is 0.263. The molecular formula is C20H18N2O4S2. The van der Waals surface area contributed by atoms with Crippen LogP contribution in [0.15, 0.2) is 93.8 Å². The molecule has 6 nitrogen and oxygen atoms in total. The summed E-state index contributed by atoms with van der Waals surface area (Å²) >= 11 is 0. The van der Waals surface area contributed by atoms with Crippen molar-refractivity contribution in [3.05, 3.63) is 84.6 Å². The summed E-state index contributed by atoms with van der Waals surface area (Å²) in [5.41, 5.74) is 0.701. The molecule has 144 valence electrons. The van der Waals surface area contributed by atoms with Crippen LogP contribution in [0.5, 0.6) is 0 Å². The van der Waals surface area contributed by atoms with Crippen molar-refractivity contribution in [2.24, 2.45) is 4.99 Å². The summed E-state index contributed by atoms with van der Waals surface area (Å²) in [5, 5.41) is 0. The number of pyridine rings is 1. The predicted molar refractivity (Wildman–Crippen MR) is 108 cm³/mol. The van der Waals surface area contributed by atoms with Crippen LogP contribution in [0.25, 0.3) is 0 Å². The highest BCUT2D eigenvalue weighted by molar-refractivity contribution is 8.10. The van der Waals surface area contributed by atoms with Crippen molar-refractivity contribution in [3.63, 3.8) is 0 Å². The first-order valence-electron chi connectivity index (χ1n) is 8.37. The lowest BCUT2D eigenvalue weighted by Crippen LogP contribution is -2.32. The van der Waals surface area contributed by atoms with Crippen LogP contribution >= 0.6 is 0 Å². The fraction of sp³-hybridized carbons (Fsp3) is 0.100. The van der Waals surface area contributed by atoms with Gasteiger partial charge in [-0.25, -0.2) is 26.8 Å². The first-order valence-corrected chi connectivity index (χ1v) is 11.5. The number of hydrogen-bond donors (Lipinski definition) is 0. The molecule has 2 aromatic carbocycles. The maximum absolute atomic E-state index is 13.2. The molecule has 1 heterocycles. The topological polar surface area (TPSA) is 93.5 Å². The predicted octanol–water partition coefficient (Wildman–Crippen LogP) is 3.37. The van der Waals surface area contributed by atoms with E-state index in [0.29, 0.717) is 5.56 Å².